The van der Waals surface area contributed by atoms with E-state index in [1.165, 1.54) is 5.56 Å². The van der Waals surface area contributed by atoms with Crippen molar-refractivity contribution in [2.75, 3.05) is 6.54 Å². The molecule has 0 aliphatic carbocycles. The van der Waals surface area contributed by atoms with Gasteiger partial charge in [0.2, 0.25) is 0 Å². The average Bonchev–Trinajstić information content (AvgIpc) is 2.54. The van der Waals surface area contributed by atoms with Gasteiger partial charge in [-0.1, -0.05) is 11.6 Å². The highest BCUT2D eigenvalue weighted by Crippen LogP contribution is 2.26. The smallest absolute Gasteiger partial charge is 0.0932 e. The van der Waals surface area contributed by atoms with Crippen LogP contribution < -0.4 is 5.73 Å². The van der Waals surface area contributed by atoms with E-state index in [0.29, 0.717) is 0 Å². The molecule has 3 heteroatoms. The van der Waals surface area contributed by atoms with Crippen molar-refractivity contribution in [1.82, 2.24) is 4.57 Å². The molecule has 0 aliphatic rings. The summed E-state index contributed by atoms with van der Waals surface area (Å²) in [7, 11) is 1.98. The zero-order valence-corrected chi connectivity index (χ0v) is 9.07. The molecule has 80 valence electrons. The molecule has 2 aromatic rings. The third-order valence-corrected chi connectivity index (χ3v) is 2.76. The van der Waals surface area contributed by atoms with E-state index in [1.54, 1.807) is 0 Å². The molecular formula is C12H16N2O. The third kappa shape index (κ3) is 1.64. The Balaban J connectivity index is 2.69. The van der Waals surface area contributed by atoms with Crippen LogP contribution in [-0.2, 0) is 7.05 Å². The van der Waals surface area contributed by atoms with Crippen molar-refractivity contribution in [3.05, 3.63) is 35.5 Å². The van der Waals surface area contributed by atoms with Crippen molar-refractivity contribution in [2.24, 2.45) is 12.8 Å². The van der Waals surface area contributed by atoms with Gasteiger partial charge in [-0.3, -0.25) is 0 Å². The molecule has 1 aromatic heterocycles. The standard InChI is InChI=1S/C12H16N2O/c1-8-3-4-11-9(5-8)10(7-14(11)2)12(15)6-13/h3-5,7,12,15H,6,13H2,1-2H3. The zero-order chi connectivity index (χ0) is 11.0. The zero-order valence-electron chi connectivity index (χ0n) is 9.07. The fourth-order valence-electron chi connectivity index (χ4n) is 1.93. The molecule has 3 nitrogen and oxygen atoms in total. The molecule has 0 spiro atoms. The van der Waals surface area contributed by atoms with Gasteiger partial charge in [0.05, 0.1) is 6.10 Å². The number of benzene rings is 1. The Morgan fingerprint density at radius 2 is 2.20 bits per heavy atom. The summed E-state index contributed by atoms with van der Waals surface area (Å²) in [5, 5.41) is 10.9. The molecule has 1 unspecified atom stereocenters. The Labute approximate surface area is 89.1 Å². The fraction of sp³-hybridized carbons (Fsp3) is 0.333. The molecule has 1 atom stereocenters. The molecule has 1 heterocycles. The Kier molecular flexibility index (Phi) is 2.50. The minimum absolute atomic E-state index is 0.257. The summed E-state index contributed by atoms with van der Waals surface area (Å²) >= 11 is 0. The van der Waals surface area contributed by atoms with Crippen LogP contribution in [0.4, 0.5) is 0 Å². The van der Waals surface area contributed by atoms with Crippen LogP contribution in [-0.4, -0.2) is 16.2 Å². The lowest BCUT2D eigenvalue weighted by molar-refractivity contribution is 0.188. The Hall–Kier alpha value is -1.32. The topological polar surface area (TPSA) is 51.2 Å². The summed E-state index contributed by atoms with van der Waals surface area (Å²) in [6, 6.07) is 6.22. The highest BCUT2D eigenvalue weighted by atomic mass is 16.3. The van der Waals surface area contributed by atoms with Crippen molar-refractivity contribution in [3.8, 4) is 0 Å². The van der Waals surface area contributed by atoms with E-state index in [9.17, 15) is 5.11 Å². The largest absolute Gasteiger partial charge is 0.387 e. The van der Waals surface area contributed by atoms with Crippen LogP contribution in [0.3, 0.4) is 0 Å². The molecular weight excluding hydrogens is 188 g/mol. The summed E-state index contributed by atoms with van der Waals surface area (Å²) in [4.78, 5) is 0. The number of hydrogen-bond acceptors (Lipinski definition) is 2. The van der Waals surface area contributed by atoms with Crippen molar-refractivity contribution >= 4 is 10.9 Å². The molecule has 0 fully saturated rings. The summed E-state index contributed by atoms with van der Waals surface area (Å²) in [5.41, 5.74) is 8.72. The van der Waals surface area contributed by atoms with Gasteiger partial charge in [0.25, 0.3) is 0 Å². The van der Waals surface area contributed by atoms with Crippen LogP contribution in [0, 0.1) is 6.92 Å². The Bertz CT molecular complexity index is 488. The maximum absolute atomic E-state index is 9.79. The molecule has 3 N–H and O–H groups in total. The molecule has 0 saturated carbocycles. The quantitative estimate of drug-likeness (QED) is 0.778. The van der Waals surface area contributed by atoms with Gasteiger partial charge >= 0.3 is 0 Å². The van der Waals surface area contributed by atoms with E-state index in [-0.39, 0.29) is 6.54 Å². The first-order valence-corrected chi connectivity index (χ1v) is 5.07. The van der Waals surface area contributed by atoms with Gasteiger partial charge in [-0.25, -0.2) is 0 Å². The van der Waals surface area contributed by atoms with Crippen molar-refractivity contribution in [2.45, 2.75) is 13.0 Å². The fourth-order valence-corrected chi connectivity index (χ4v) is 1.93. The number of nitrogens with zero attached hydrogens (tertiary/aromatic N) is 1. The summed E-state index contributed by atoms with van der Waals surface area (Å²) in [5.74, 6) is 0. The molecule has 0 radical (unpaired) electrons. The summed E-state index contributed by atoms with van der Waals surface area (Å²) in [6.45, 7) is 2.30. The highest BCUT2D eigenvalue weighted by Gasteiger charge is 2.12. The average molecular weight is 204 g/mol. The lowest BCUT2D eigenvalue weighted by Crippen LogP contribution is -2.11. The number of aromatic nitrogens is 1. The van der Waals surface area contributed by atoms with E-state index < -0.39 is 6.10 Å². The number of rotatable bonds is 2. The summed E-state index contributed by atoms with van der Waals surface area (Å²) < 4.78 is 2.02. The predicted molar refractivity (Wildman–Crippen MR) is 61.7 cm³/mol. The SMILES string of the molecule is Cc1ccc2c(c1)c(C(O)CN)cn2C. The lowest BCUT2D eigenvalue weighted by atomic mass is 10.1. The number of hydrogen-bond donors (Lipinski definition) is 2. The second kappa shape index (κ2) is 3.68. The third-order valence-electron chi connectivity index (χ3n) is 2.76. The maximum Gasteiger partial charge on any atom is 0.0932 e. The van der Waals surface area contributed by atoms with Crippen molar-refractivity contribution in [3.63, 3.8) is 0 Å². The number of aryl methyl sites for hydroxylation is 2. The van der Waals surface area contributed by atoms with Crippen LogP contribution in [0.2, 0.25) is 0 Å². The monoisotopic (exact) mass is 204 g/mol. The van der Waals surface area contributed by atoms with Crippen LogP contribution in [0.5, 0.6) is 0 Å². The van der Waals surface area contributed by atoms with Crippen molar-refractivity contribution < 1.29 is 5.11 Å². The second-order valence-corrected chi connectivity index (χ2v) is 3.97. The minimum atomic E-state index is -0.574. The van der Waals surface area contributed by atoms with E-state index in [0.717, 1.165) is 16.5 Å². The van der Waals surface area contributed by atoms with Crippen LogP contribution in [0.1, 0.15) is 17.2 Å². The van der Waals surface area contributed by atoms with Crippen LogP contribution >= 0.6 is 0 Å². The first-order valence-electron chi connectivity index (χ1n) is 5.07. The second-order valence-electron chi connectivity index (χ2n) is 3.97. The molecule has 0 saturated heterocycles. The van der Waals surface area contributed by atoms with Gasteiger partial charge in [0.1, 0.15) is 0 Å². The highest BCUT2D eigenvalue weighted by molar-refractivity contribution is 5.85. The van der Waals surface area contributed by atoms with Gasteiger partial charge in [-0.15, -0.1) is 0 Å². The van der Waals surface area contributed by atoms with Gasteiger partial charge in [-0.2, -0.15) is 0 Å². The molecule has 2 rings (SSSR count). The van der Waals surface area contributed by atoms with Crippen LogP contribution in [0.25, 0.3) is 10.9 Å². The minimum Gasteiger partial charge on any atom is -0.387 e. The van der Waals surface area contributed by atoms with Gasteiger partial charge in [0.15, 0.2) is 0 Å². The Morgan fingerprint density at radius 3 is 2.87 bits per heavy atom. The maximum atomic E-state index is 9.79. The van der Waals surface area contributed by atoms with Crippen LogP contribution in [0.15, 0.2) is 24.4 Å². The van der Waals surface area contributed by atoms with E-state index in [4.69, 9.17) is 5.73 Å². The van der Waals surface area contributed by atoms with Gasteiger partial charge in [0, 0.05) is 36.3 Å². The normalized spacial score (nSPS) is 13.3. The number of fused-ring (bicyclic) bond motifs is 1. The van der Waals surface area contributed by atoms with E-state index >= 15 is 0 Å². The summed E-state index contributed by atoms with van der Waals surface area (Å²) in [6.07, 6.45) is 1.37. The van der Waals surface area contributed by atoms with E-state index in [1.807, 2.05) is 24.7 Å². The molecule has 1 aromatic carbocycles. The number of aliphatic hydroxyl groups excluding tert-OH is 1. The van der Waals surface area contributed by atoms with E-state index in [2.05, 4.69) is 18.2 Å². The predicted octanol–water partition coefficient (Wildman–Crippen LogP) is 1.48. The molecule has 0 bridgehead atoms. The Morgan fingerprint density at radius 1 is 1.47 bits per heavy atom. The molecule has 0 aliphatic heterocycles. The number of aliphatic hydroxyl groups is 1. The number of nitrogens with two attached hydrogens (primary N) is 1. The first kappa shape index (κ1) is 10.2. The molecule has 15 heavy (non-hydrogen) atoms. The van der Waals surface area contributed by atoms with Gasteiger partial charge < -0.3 is 15.4 Å². The van der Waals surface area contributed by atoms with Crippen molar-refractivity contribution in [1.29, 1.82) is 0 Å². The molecule has 0 amide bonds. The first-order chi connectivity index (χ1) is 7.13. The van der Waals surface area contributed by atoms with Gasteiger partial charge in [-0.05, 0) is 19.1 Å². The lowest BCUT2D eigenvalue weighted by Gasteiger charge is -2.05.